The summed E-state index contributed by atoms with van der Waals surface area (Å²) in [7, 11) is 0. The van der Waals surface area contributed by atoms with Crippen LogP contribution in [0.2, 0.25) is 0 Å². The summed E-state index contributed by atoms with van der Waals surface area (Å²) in [6.45, 7) is -0.105. The predicted molar refractivity (Wildman–Crippen MR) is 136 cm³/mol. The number of imidazole rings is 1. The fraction of sp³-hybridized carbons (Fsp3) is 0.107. The fourth-order valence-corrected chi connectivity index (χ4v) is 4.37. The van der Waals surface area contributed by atoms with Crippen LogP contribution in [0.4, 0.5) is 4.39 Å². The standard InChI is InChI=1S/C28H22FN5O/c29-28(14-12-19(13-15-28)18-6-2-1-3-7-18)17-30-27(35)20-10-11-23-24(16-20)32-26(31-23)25-21-8-4-5-9-22(21)33-34-25/h1-14,16H,15,17H2,(H,30,35)(H,31,32)(H,33,34). The van der Waals surface area contributed by atoms with Gasteiger partial charge in [0, 0.05) is 17.4 Å². The largest absolute Gasteiger partial charge is 0.348 e. The molecule has 1 aliphatic carbocycles. The number of para-hydroxylation sites is 1. The summed E-state index contributed by atoms with van der Waals surface area (Å²) < 4.78 is 15.3. The Morgan fingerprint density at radius 2 is 1.86 bits per heavy atom. The molecule has 0 bridgehead atoms. The van der Waals surface area contributed by atoms with Gasteiger partial charge in [-0.05, 0) is 41.5 Å². The van der Waals surface area contributed by atoms with Gasteiger partial charge in [-0.25, -0.2) is 9.37 Å². The minimum atomic E-state index is -1.62. The third kappa shape index (κ3) is 4.01. The van der Waals surface area contributed by atoms with E-state index in [4.69, 9.17) is 0 Å². The van der Waals surface area contributed by atoms with E-state index in [1.54, 1.807) is 24.3 Å². The minimum absolute atomic E-state index is 0.105. The Morgan fingerprint density at radius 3 is 2.69 bits per heavy atom. The van der Waals surface area contributed by atoms with Gasteiger partial charge in [0.05, 0.1) is 23.1 Å². The number of carbonyl (C=O) groups is 1. The Balaban J connectivity index is 1.16. The van der Waals surface area contributed by atoms with Gasteiger partial charge in [0.2, 0.25) is 0 Å². The van der Waals surface area contributed by atoms with Crippen molar-refractivity contribution in [3.63, 3.8) is 0 Å². The molecule has 0 aliphatic heterocycles. The molecule has 3 N–H and O–H groups in total. The SMILES string of the molecule is O=C(NCC1(F)C=CC(c2ccccc2)=CC1)c1ccc2nc(-c3n[nH]c4ccccc34)[nH]c2c1. The Kier molecular flexibility index (Phi) is 5.03. The van der Waals surface area contributed by atoms with Crippen LogP contribution in [0.25, 0.3) is 39.0 Å². The maximum atomic E-state index is 15.3. The van der Waals surface area contributed by atoms with E-state index >= 15 is 4.39 Å². The molecular formula is C28H22FN5O. The van der Waals surface area contributed by atoms with Crippen LogP contribution in [0.3, 0.4) is 0 Å². The van der Waals surface area contributed by atoms with E-state index in [2.05, 4.69) is 25.5 Å². The number of hydrogen-bond donors (Lipinski definition) is 3. The lowest BCUT2D eigenvalue weighted by Gasteiger charge is -2.24. The number of alkyl halides is 1. The van der Waals surface area contributed by atoms with Gasteiger partial charge in [-0.15, -0.1) is 0 Å². The first-order valence-electron chi connectivity index (χ1n) is 11.4. The summed E-state index contributed by atoms with van der Waals surface area (Å²) in [4.78, 5) is 20.7. The number of amides is 1. The van der Waals surface area contributed by atoms with Gasteiger partial charge in [-0.3, -0.25) is 9.89 Å². The number of H-pyrrole nitrogens is 2. The zero-order valence-corrected chi connectivity index (χ0v) is 18.8. The van der Waals surface area contributed by atoms with Crippen molar-refractivity contribution in [3.05, 3.63) is 102 Å². The molecule has 1 atom stereocenters. The predicted octanol–water partition coefficient (Wildman–Crippen LogP) is 5.59. The molecule has 0 saturated heterocycles. The van der Waals surface area contributed by atoms with Gasteiger partial charge in [-0.1, -0.05) is 60.7 Å². The van der Waals surface area contributed by atoms with Crippen LogP contribution in [-0.4, -0.2) is 38.3 Å². The molecule has 1 amide bonds. The number of aromatic nitrogens is 4. The molecular weight excluding hydrogens is 441 g/mol. The highest BCUT2D eigenvalue weighted by Gasteiger charge is 2.28. The van der Waals surface area contributed by atoms with Gasteiger partial charge < -0.3 is 10.3 Å². The van der Waals surface area contributed by atoms with Crippen LogP contribution in [0.1, 0.15) is 22.3 Å². The molecule has 0 fully saturated rings. The van der Waals surface area contributed by atoms with E-state index in [1.807, 2.05) is 60.7 Å². The first-order valence-corrected chi connectivity index (χ1v) is 11.4. The quantitative estimate of drug-likeness (QED) is 0.318. The summed E-state index contributed by atoms with van der Waals surface area (Å²) in [6, 6.07) is 22.9. The Labute approximate surface area is 200 Å². The van der Waals surface area contributed by atoms with E-state index in [0.29, 0.717) is 22.6 Å². The molecule has 0 saturated carbocycles. The molecule has 2 aromatic heterocycles. The summed E-state index contributed by atoms with van der Waals surface area (Å²) in [6.07, 6.45) is 5.39. The van der Waals surface area contributed by atoms with Crippen molar-refractivity contribution >= 4 is 33.4 Å². The molecule has 6 rings (SSSR count). The van der Waals surface area contributed by atoms with Gasteiger partial charge in [0.25, 0.3) is 5.91 Å². The highest BCUT2D eigenvalue weighted by Crippen LogP contribution is 2.30. The number of nitrogens with one attached hydrogen (secondary N) is 3. The highest BCUT2D eigenvalue weighted by atomic mass is 19.1. The monoisotopic (exact) mass is 463 g/mol. The molecule has 0 spiro atoms. The third-order valence-corrected chi connectivity index (χ3v) is 6.31. The second-order valence-corrected chi connectivity index (χ2v) is 8.72. The van der Waals surface area contributed by atoms with Crippen LogP contribution in [0.5, 0.6) is 0 Å². The molecule has 172 valence electrons. The number of allylic oxidation sites excluding steroid dienone is 3. The number of benzene rings is 3. The molecule has 1 unspecified atom stereocenters. The van der Waals surface area contributed by atoms with Crippen molar-refractivity contribution in [1.29, 1.82) is 0 Å². The van der Waals surface area contributed by atoms with Crippen molar-refractivity contribution in [2.75, 3.05) is 6.54 Å². The molecule has 5 aromatic rings. The lowest BCUT2D eigenvalue weighted by Crippen LogP contribution is -2.38. The Bertz CT molecular complexity index is 1610. The minimum Gasteiger partial charge on any atom is -0.348 e. The van der Waals surface area contributed by atoms with Gasteiger partial charge in [0.1, 0.15) is 11.4 Å². The summed E-state index contributed by atoms with van der Waals surface area (Å²) in [5, 5.41) is 11.1. The molecule has 6 nitrogen and oxygen atoms in total. The number of aromatic amines is 2. The Hall–Kier alpha value is -4.52. The van der Waals surface area contributed by atoms with E-state index < -0.39 is 5.67 Å². The number of carbonyl (C=O) groups excluding carboxylic acids is 1. The van der Waals surface area contributed by atoms with Crippen LogP contribution < -0.4 is 5.32 Å². The summed E-state index contributed by atoms with van der Waals surface area (Å²) in [5.41, 5.74) is 3.91. The van der Waals surface area contributed by atoms with Crippen LogP contribution in [-0.2, 0) is 0 Å². The molecule has 3 aromatic carbocycles. The van der Waals surface area contributed by atoms with Crippen LogP contribution in [0.15, 0.2) is 91.0 Å². The van der Waals surface area contributed by atoms with E-state index in [1.165, 1.54) is 6.08 Å². The van der Waals surface area contributed by atoms with Crippen molar-refractivity contribution in [3.8, 4) is 11.5 Å². The Morgan fingerprint density at radius 1 is 1.03 bits per heavy atom. The van der Waals surface area contributed by atoms with E-state index in [0.717, 1.165) is 27.6 Å². The highest BCUT2D eigenvalue weighted by molar-refractivity contribution is 5.98. The first kappa shape index (κ1) is 21.0. The molecule has 35 heavy (non-hydrogen) atoms. The average molecular weight is 464 g/mol. The van der Waals surface area contributed by atoms with E-state index in [9.17, 15) is 4.79 Å². The maximum Gasteiger partial charge on any atom is 0.251 e. The fourth-order valence-electron chi connectivity index (χ4n) is 4.37. The third-order valence-electron chi connectivity index (χ3n) is 6.31. The molecule has 1 aliphatic rings. The van der Waals surface area contributed by atoms with Gasteiger partial charge in [0.15, 0.2) is 5.82 Å². The number of fused-ring (bicyclic) bond motifs is 2. The second kappa shape index (κ2) is 8.36. The summed E-state index contributed by atoms with van der Waals surface area (Å²) in [5.74, 6) is 0.280. The lowest BCUT2D eigenvalue weighted by molar-refractivity contribution is 0.0925. The second-order valence-electron chi connectivity index (χ2n) is 8.72. The molecule has 0 radical (unpaired) electrons. The van der Waals surface area contributed by atoms with Gasteiger partial charge in [-0.2, -0.15) is 5.10 Å². The van der Waals surface area contributed by atoms with Crippen LogP contribution >= 0.6 is 0 Å². The van der Waals surface area contributed by atoms with Crippen molar-refractivity contribution in [2.45, 2.75) is 12.1 Å². The normalized spacial score (nSPS) is 17.6. The summed E-state index contributed by atoms with van der Waals surface area (Å²) >= 11 is 0. The van der Waals surface area contributed by atoms with Crippen molar-refractivity contribution in [1.82, 2.24) is 25.5 Å². The number of halogens is 1. The molecule has 2 heterocycles. The topological polar surface area (TPSA) is 86.5 Å². The smallest absolute Gasteiger partial charge is 0.251 e. The van der Waals surface area contributed by atoms with Crippen LogP contribution in [0, 0.1) is 0 Å². The number of nitrogens with zero attached hydrogens (tertiary/aromatic N) is 2. The van der Waals surface area contributed by atoms with Crippen molar-refractivity contribution < 1.29 is 9.18 Å². The van der Waals surface area contributed by atoms with E-state index in [-0.39, 0.29) is 18.9 Å². The number of rotatable bonds is 5. The molecule has 7 heteroatoms. The average Bonchev–Trinajstić information content (AvgIpc) is 3.52. The number of hydrogen-bond acceptors (Lipinski definition) is 3. The van der Waals surface area contributed by atoms with Crippen molar-refractivity contribution in [2.24, 2.45) is 0 Å². The first-order chi connectivity index (χ1) is 17.1. The zero-order chi connectivity index (χ0) is 23.8. The van der Waals surface area contributed by atoms with Gasteiger partial charge >= 0.3 is 0 Å². The zero-order valence-electron chi connectivity index (χ0n) is 18.8. The lowest BCUT2D eigenvalue weighted by atomic mass is 9.90. The maximum absolute atomic E-state index is 15.3.